The second kappa shape index (κ2) is 6.03. The van der Waals surface area contributed by atoms with E-state index in [2.05, 4.69) is 15.6 Å². The molecule has 0 unspecified atom stereocenters. The largest absolute Gasteiger partial charge is 0.497 e. The predicted octanol–water partition coefficient (Wildman–Crippen LogP) is 3.95. The molecule has 0 saturated carbocycles. The Labute approximate surface area is 133 Å². The van der Waals surface area contributed by atoms with Crippen LogP contribution in [0.5, 0.6) is 5.75 Å². The van der Waals surface area contributed by atoms with E-state index in [-0.39, 0.29) is 0 Å². The Morgan fingerprint density at radius 1 is 1.14 bits per heavy atom. The number of methoxy groups -OCH3 is 1. The zero-order chi connectivity index (χ0) is 15.5. The summed E-state index contributed by atoms with van der Waals surface area (Å²) in [7, 11) is 1.63. The van der Waals surface area contributed by atoms with Gasteiger partial charge in [-0.15, -0.1) is 0 Å². The molecule has 0 saturated heterocycles. The Morgan fingerprint density at radius 3 is 2.68 bits per heavy atom. The molecule has 0 aliphatic heterocycles. The van der Waals surface area contributed by atoms with E-state index in [9.17, 15) is 0 Å². The lowest BCUT2D eigenvalue weighted by molar-refractivity contribution is 0.415. The highest BCUT2D eigenvalue weighted by Gasteiger charge is 2.05. The van der Waals surface area contributed by atoms with E-state index >= 15 is 0 Å². The zero-order valence-corrected chi connectivity index (χ0v) is 13.0. The molecule has 3 rings (SSSR count). The number of anilines is 2. The van der Waals surface area contributed by atoms with E-state index in [0.29, 0.717) is 11.0 Å². The van der Waals surface area contributed by atoms with Gasteiger partial charge < -0.3 is 19.8 Å². The van der Waals surface area contributed by atoms with Crippen LogP contribution >= 0.6 is 12.2 Å². The highest BCUT2D eigenvalue weighted by molar-refractivity contribution is 7.80. The number of oxazole rings is 1. The number of hydrogen-bond acceptors (Lipinski definition) is 4. The molecule has 2 N–H and O–H groups in total. The van der Waals surface area contributed by atoms with Crippen molar-refractivity contribution in [2.45, 2.75) is 6.92 Å². The topological polar surface area (TPSA) is 59.3 Å². The van der Waals surface area contributed by atoms with Crippen LogP contribution in [-0.2, 0) is 0 Å². The number of benzene rings is 2. The fraction of sp³-hybridized carbons (Fsp3) is 0.125. The lowest BCUT2D eigenvalue weighted by Crippen LogP contribution is -2.18. The average Bonchev–Trinajstić information content (AvgIpc) is 2.86. The molecule has 0 amide bonds. The maximum Gasteiger partial charge on any atom is 0.192 e. The molecule has 2 aromatic carbocycles. The molecule has 0 aliphatic rings. The van der Waals surface area contributed by atoms with Crippen molar-refractivity contribution in [2.75, 3.05) is 17.7 Å². The Balaban J connectivity index is 1.71. The number of fused-ring (bicyclic) bond motifs is 1. The van der Waals surface area contributed by atoms with Crippen molar-refractivity contribution in [2.24, 2.45) is 0 Å². The van der Waals surface area contributed by atoms with Crippen LogP contribution in [0.1, 0.15) is 5.89 Å². The molecule has 5 nitrogen and oxygen atoms in total. The van der Waals surface area contributed by atoms with Crippen molar-refractivity contribution in [3.8, 4) is 5.75 Å². The summed E-state index contributed by atoms with van der Waals surface area (Å²) >= 11 is 5.32. The second-order valence-corrected chi connectivity index (χ2v) is 5.13. The Morgan fingerprint density at radius 2 is 1.91 bits per heavy atom. The summed E-state index contributed by atoms with van der Waals surface area (Å²) < 4.78 is 10.6. The van der Waals surface area contributed by atoms with Crippen LogP contribution in [0.3, 0.4) is 0 Å². The SMILES string of the molecule is COc1cccc(NC(=S)Nc2ccc3oc(C)nc3c2)c1. The summed E-state index contributed by atoms with van der Waals surface area (Å²) in [6.45, 7) is 1.82. The van der Waals surface area contributed by atoms with Gasteiger partial charge in [0.25, 0.3) is 0 Å². The summed E-state index contributed by atoms with van der Waals surface area (Å²) in [6, 6.07) is 13.2. The minimum atomic E-state index is 0.493. The fourth-order valence-electron chi connectivity index (χ4n) is 2.11. The zero-order valence-electron chi connectivity index (χ0n) is 12.2. The van der Waals surface area contributed by atoms with Gasteiger partial charge in [-0.3, -0.25) is 0 Å². The molecule has 1 aromatic heterocycles. The molecule has 0 bridgehead atoms. The molecular weight excluding hydrogens is 298 g/mol. The third-order valence-corrected chi connectivity index (χ3v) is 3.28. The Hall–Kier alpha value is -2.60. The standard InChI is InChI=1S/C16H15N3O2S/c1-10-17-14-9-12(6-7-15(14)21-10)19-16(22)18-11-4-3-5-13(8-11)20-2/h3-9H,1-2H3,(H2,18,19,22). The molecular formula is C16H15N3O2S. The number of aryl methyl sites for hydroxylation is 1. The number of hydrogen-bond donors (Lipinski definition) is 2. The quantitative estimate of drug-likeness (QED) is 0.714. The van der Waals surface area contributed by atoms with Crippen LogP contribution in [0.15, 0.2) is 46.9 Å². The first-order chi connectivity index (χ1) is 10.6. The van der Waals surface area contributed by atoms with Crippen molar-refractivity contribution in [3.05, 3.63) is 48.4 Å². The summed E-state index contributed by atoms with van der Waals surface area (Å²) in [5.74, 6) is 1.41. The molecule has 3 aromatic rings. The number of rotatable bonds is 3. The minimum Gasteiger partial charge on any atom is -0.497 e. The molecule has 0 atom stereocenters. The summed E-state index contributed by atoms with van der Waals surface area (Å²) in [4.78, 5) is 4.30. The van der Waals surface area contributed by atoms with E-state index in [0.717, 1.165) is 28.2 Å². The smallest absolute Gasteiger partial charge is 0.192 e. The van der Waals surface area contributed by atoms with Gasteiger partial charge in [-0.05, 0) is 42.5 Å². The number of nitrogens with zero attached hydrogens (tertiary/aromatic N) is 1. The predicted molar refractivity (Wildman–Crippen MR) is 91.6 cm³/mol. The van der Waals surface area contributed by atoms with Gasteiger partial charge in [-0.1, -0.05) is 6.07 Å². The minimum absolute atomic E-state index is 0.493. The normalized spacial score (nSPS) is 10.5. The third-order valence-electron chi connectivity index (χ3n) is 3.08. The van der Waals surface area contributed by atoms with Gasteiger partial charge in [0.2, 0.25) is 0 Å². The Bertz CT molecular complexity index is 829. The summed E-state index contributed by atoms with van der Waals surface area (Å²) in [6.07, 6.45) is 0. The van der Waals surface area contributed by atoms with E-state index in [1.807, 2.05) is 49.4 Å². The van der Waals surface area contributed by atoms with Crippen LogP contribution in [0.25, 0.3) is 11.1 Å². The van der Waals surface area contributed by atoms with Crippen molar-refractivity contribution in [1.82, 2.24) is 4.98 Å². The summed E-state index contributed by atoms with van der Waals surface area (Å²) in [5.41, 5.74) is 3.26. The average molecular weight is 313 g/mol. The maximum atomic E-state index is 5.45. The summed E-state index contributed by atoms with van der Waals surface area (Å²) in [5, 5.41) is 6.74. The molecule has 0 aliphatic carbocycles. The monoisotopic (exact) mass is 313 g/mol. The first kappa shape index (κ1) is 14.3. The molecule has 112 valence electrons. The third kappa shape index (κ3) is 3.17. The first-order valence-electron chi connectivity index (χ1n) is 6.73. The van der Waals surface area contributed by atoms with E-state index in [4.69, 9.17) is 21.4 Å². The maximum absolute atomic E-state index is 5.45. The van der Waals surface area contributed by atoms with Crippen LogP contribution < -0.4 is 15.4 Å². The van der Waals surface area contributed by atoms with E-state index in [1.54, 1.807) is 7.11 Å². The van der Waals surface area contributed by atoms with Crippen LogP contribution in [0.2, 0.25) is 0 Å². The van der Waals surface area contributed by atoms with Crippen LogP contribution in [0.4, 0.5) is 11.4 Å². The second-order valence-electron chi connectivity index (χ2n) is 4.73. The van der Waals surface area contributed by atoms with Gasteiger partial charge in [-0.2, -0.15) is 0 Å². The van der Waals surface area contributed by atoms with E-state index < -0.39 is 0 Å². The molecule has 6 heteroatoms. The number of ether oxygens (including phenoxy) is 1. The van der Waals surface area contributed by atoms with Gasteiger partial charge in [-0.25, -0.2) is 4.98 Å². The molecule has 22 heavy (non-hydrogen) atoms. The highest BCUT2D eigenvalue weighted by Crippen LogP contribution is 2.20. The van der Waals surface area contributed by atoms with Crippen molar-refractivity contribution in [1.29, 1.82) is 0 Å². The number of nitrogens with one attached hydrogen (secondary N) is 2. The first-order valence-corrected chi connectivity index (χ1v) is 7.14. The van der Waals surface area contributed by atoms with Crippen molar-refractivity contribution in [3.63, 3.8) is 0 Å². The lowest BCUT2D eigenvalue weighted by atomic mass is 10.3. The van der Waals surface area contributed by atoms with Gasteiger partial charge in [0.15, 0.2) is 16.6 Å². The number of aromatic nitrogens is 1. The van der Waals surface area contributed by atoms with Crippen molar-refractivity contribution >= 4 is 39.8 Å². The number of thiocarbonyl (C=S) groups is 1. The van der Waals surface area contributed by atoms with Crippen LogP contribution in [-0.4, -0.2) is 17.2 Å². The molecule has 0 radical (unpaired) electrons. The Kier molecular flexibility index (Phi) is 3.93. The van der Waals surface area contributed by atoms with Gasteiger partial charge >= 0.3 is 0 Å². The molecule has 0 spiro atoms. The van der Waals surface area contributed by atoms with Crippen molar-refractivity contribution < 1.29 is 9.15 Å². The molecule has 1 heterocycles. The molecule has 0 fully saturated rings. The van der Waals surface area contributed by atoms with Crippen LogP contribution in [0, 0.1) is 6.92 Å². The van der Waals surface area contributed by atoms with Gasteiger partial charge in [0.1, 0.15) is 11.3 Å². The van der Waals surface area contributed by atoms with Gasteiger partial charge in [0, 0.05) is 24.4 Å². The fourth-order valence-corrected chi connectivity index (χ4v) is 2.35. The highest BCUT2D eigenvalue weighted by atomic mass is 32.1. The van der Waals surface area contributed by atoms with Gasteiger partial charge in [0.05, 0.1) is 7.11 Å². The lowest BCUT2D eigenvalue weighted by Gasteiger charge is -2.11. The van der Waals surface area contributed by atoms with E-state index in [1.165, 1.54) is 0 Å².